The number of aromatic nitrogens is 1. The predicted molar refractivity (Wildman–Crippen MR) is 84.6 cm³/mol. The Bertz CT molecular complexity index is 737. The van der Waals surface area contributed by atoms with Crippen LogP contribution in [0.5, 0.6) is 11.5 Å². The molecule has 0 fully saturated rings. The third-order valence-electron chi connectivity index (χ3n) is 3.38. The number of aromatic hydroxyl groups is 2. The lowest BCUT2D eigenvalue weighted by Gasteiger charge is -2.15. The number of thiazole rings is 1. The van der Waals surface area contributed by atoms with Gasteiger partial charge >= 0.3 is 0 Å². The third-order valence-corrected chi connectivity index (χ3v) is 4.41. The fourth-order valence-electron chi connectivity index (χ4n) is 2.23. The maximum absolute atomic E-state index is 9.85. The second kappa shape index (κ2) is 5.71. The summed E-state index contributed by atoms with van der Waals surface area (Å²) in [5.41, 5.74) is 1.68. The van der Waals surface area contributed by atoms with Gasteiger partial charge in [-0.1, -0.05) is 12.1 Å². The number of benzene rings is 2. The van der Waals surface area contributed by atoms with E-state index in [-0.39, 0.29) is 17.5 Å². The molecular formula is C16H16N2O2S. The maximum Gasteiger partial charge on any atom is 0.120 e. The Balaban J connectivity index is 1.73. The highest BCUT2D eigenvalue weighted by Crippen LogP contribution is 2.28. The molecule has 0 aliphatic carbocycles. The van der Waals surface area contributed by atoms with Gasteiger partial charge in [-0.3, -0.25) is 0 Å². The Hall–Kier alpha value is -2.11. The van der Waals surface area contributed by atoms with E-state index in [1.54, 1.807) is 17.4 Å². The van der Waals surface area contributed by atoms with Crippen LogP contribution in [0.2, 0.25) is 0 Å². The van der Waals surface area contributed by atoms with Gasteiger partial charge < -0.3 is 15.5 Å². The number of nitrogens with one attached hydrogen (secondary N) is 1. The van der Waals surface area contributed by atoms with E-state index in [0.29, 0.717) is 12.1 Å². The Morgan fingerprint density at radius 2 is 2.00 bits per heavy atom. The van der Waals surface area contributed by atoms with Crippen molar-refractivity contribution >= 4 is 21.6 Å². The van der Waals surface area contributed by atoms with Crippen molar-refractivity contribution in [3.05, 3.63) is 53.0 Å². The lowest BCUT2D eigenvalue weighted by atomic mass is 10.1. The van der Waals surface area contributed by atoms with Crippen LogP contribution in [0.4, 0.5) is 0 Å². The molecule has 3 N–H and O–H groups in total. The van der Waals surface area contributed by atoms with Crippen LogP contribution in [0.3, 0.4) is 0 Å². The summed E-state index contributed by atoms with van der Waals surface area (Å²) in [5, 5.41) is 23.7. The van der Waals surface area contributed by atoms with Crippen molar-refractivity contribution in [2.24, 2.45) is 0 Å². The Labute approximate surface area is 126 Å². The molecule has 0 aliphatic rings. The smallest absolute Gasteiger partial charge is 0.120 e. The molecule has 0 radical (unpaired) electrons. The highest BCUT2D eigenvalue weighted by molar-refractivity contribution is 7.18. The zero-order chi connectivity index (χ0) is 14.8. The SMILES string of the molecule is CC(NCc1nc2ccccc2s1)c1cc(O)ccc1O. The molecule has 2 aromatic carbocycles. The number of nitrogens with zero attached hydrogens (tertiary/aromatic N) is 1. The fourth-order valence-corrected chi connectivity index (χ4v) is 3.15. The number of hydrogen-bond donors (Lipinski definition) is 3. The maximum atomic E-state index is 9.85. The van der Waals surface area contributed by atoms with Crippen LogP contribution in [0.25, 0.3) is 10.2 Å². The monoisotopic (exact) mass is 300 g/mol. The summed E-state index contributed by atoms with van der Waals surface area (Å²) in [6.07, 6.45) is 0. The molecule has 21 heavy (non-hydrogen) atoms. The van der Waals surface area contributed by atoms with Crippen molar-refractivity contribution < 1.29 is 10.2 Å². The zero-order valence-corrected chi connectivity index (χ0v) is 12.4. The minimum absolute atomic E-state index is 0.0795. The number of phenolic OH excluding ortho intramolecular Hbond substituents is 2. The number of phenols is 2. The molecule has 0 saturated heterocycles. The summed E-state index contributed by atoms with van der Waals surface area (Å²) in [6, 6.07) is 12.5. The Kier molecular flexibility index (Phi) is 3.77. The van der Waals surface area contributed by atoms with Crippen molar-refractivity contribution in [1.29, 1.82) is 0 Å². The van der Waals surface area contributed by atoms with Gasteiger partial charge in [0.2, 0.25) is 0 Å². The van der Waals surface area contributed by atoms with E-state index < -0.39 is 0 Å². The molecule has 1 heterocycles. The van der Waals surface area contributed by atoms with Gasteiger partial charge in [0.15, 0.2) is 0 Å². The molecule has 1 aromatic heterocycles. The number of hydrogen-bond acceptors (Lipinski definition) is 5. The van der Waals surface area contributed by atoms with Crippen molar-refractivity contribution in [3.8, 4) is 11.5 Å². The number of rotatable bonds is 4. The molecule has 5 heteroatoms. The van der Waals surface area contributed by atoms with E-state index >= 15 is 0 Å². The van der Waals surface area contributed by atoms with E-state index in [1.807, 2.05) is 25.1 Å². The van der Waals surface area contributed by atoms with Gasteiger partial charge in [-0.15, -0.1) is 11.3 Å². The van der Waals surface area contributed by atoms with Gasteiger partial charge in [-0.25, -0.2) is 4.98 Å². The zero-order valence-electron chi connectivity index (χ0n) is 11.6. The van der Waals surface area contributed by atoms with Crippen molar-refractivity contribution in [3.63, 3.8) is 0 Å². The summed E-state index contributed by atoms with van der Waals surface area (Å²) in [7, 11) is 0. The predicted octanol–water partition coefficient (Wildman–Crippen LogP) is 3.56. The molecule has 1 atom stereocenters. The summed E-state index contributed by atoms with van der Waals surface area (Å²) in [5.74, 6) is 0.327. The topological polar surface area (TPSA) is 65.4 Å². The van der Waals surface area contributed by atoms with E-state index in [1.165, 1.54) is 16.8 Å². The standard InChI is InChI=1S/C16H16N2O2S/c1-10(12-8-11(19)6-7-14(12)20)17-9-16-18-13-4-2-3-5-15(13)21-16/h2-8,10,17,19-20H,9H2,1H3. The lowest BCUT2D eigenvalue weighted by Crippen LogP contribution is -2.18. The van der Waals surface area contributed by atoms with Crippen molar-refractivity contribution in [2.45, 2.75) is 19.5 Å². The van der Waals surface area contributed by atoms with Crippen LogP contribution >= 0.6 is 11.3 Å². The van der Waals surface area contributed by atoms with Gasteiger partial charge in [-0.05, 0) is 37.3 Å². The highest BCUT2D eigenvalue weighted by Gasteiger charge is 2.12. The Morgan fingerprint density at radius 1 is 1.19 bits per heavy atom. The Morgan fingerprint density at radius 3 is 2.81 bits per heavy atom. The van der Waals surface area contributed by atoms with Crippen LogP contribution in [-0.2, 0) is 6.54 Å². The van der Waals surface area contributed by atoms with Crippen LogP contribution < -0.4 is 5.32 Å². The van der Waals surface area contributed by atoms with Gasteiger partial charge in [0.25, 0.3) is 0 Å². The normalized spacial score (nSPS) is 12.6. The average molecular weight is 300 g/mol. The first kappa shape index (κ1) is 13.9. The van der Waals surface area contributed by atoms with Crippen molar-refractivity contribution in [1.82, 2.24) is 10.3 Å². The van der Waals surface area contributed by atoms with E-state index in [4.69, 9.17) is 0 Å². The van der Waals surface area contributed by atoms with Crippen LogP contribution in [0.1, 0.15) is 23.5 Å². The fraction of sp³-hybridized carbons (Fsp3) is 0.188. The summed E-state index contributed by atoms with van der Waals surface area (Å²) >= 11 is 1.66. The van der Waals surface area contributed by atoms with Gasteiger partial charge in [-0.2, -0.15) is 0 Å². The molecule has 0 spiro atoms. The van der Waals surface area contributed by atoms with Crippen LogP contribution in [0.15, 0.2) is 42.5 Å². The van der Waals surface area contributed by atoms with Gasteiger partial charge in [0.1, 0.15) is 16.5 Å². The minimum atomic E-state index is -0.0795. The van der Waals surface area contributed by atoms with Gasteiger partial charge in [0.05, 0.1) is 10.2 Å². The summed E-state index contributed by atoms with van der Waals surface area (Å²) < 4.78 is 1.17. The van der Waals surface area contributed by atoms with E-state index in [9.17, 15) is 10.2 Å². The molecule has 0 aliphatic heterocycles. The van der Waals surface area contributed by atoms with E-state index in [0.717, 1.165) is 10.5 Å². The molecule has 108 valence electrons. The lowest BCUT2D eigenvalue weighted by molar-refractivity contribution is 0.440. The van der Waals surface area contributed by atoms with E-state index in [2.05, 4.69) is 16.4 Å². The van der Waals surface area contributed by atoms with Crippen LogP contribution in [-0.4, -0.2) is 15.2 Å². The molecule has 0 bridgehead atoms. The molecule has 3 aromatic rings. The molecule has 0 amide bonds. The largest absolute Gasteiger partial charge is 0.508 e. The first-order valence-electron chi connectivity index (χ1n) is 6.73. The number of para-hydroxylation sites is 1. The summed E-state index contributed by atoms with van der Waals surface area (Å²) in [6.45, 7) is 2.57. The minimum Gasteiger partial charge on any atom is -0.508 e. The van der Waals surface area contributed by atoms with Crippen molar-refractivity contribution in [2.75, 3.05) is 0 Å². The first-order valence-corrected chi connectivity index (χ1v) is 7.55. The average Bonchev–Trinajstić information content (AvgIpc) is 2.90. The molecule has 0 saturated carbocycles. The van der Waals surface area contributed by atoms with Gasteiger partial charge in [0, 0.05) is 18.2 Å². The highest BCUT2D eigenvalue weighted by atomic mass is 32.1. The first-order chi connectivity index (χ1) is 10.1. The third kappa shape index (κ3) is 2.99. The molecule has 4 nitrogen and oxygen atoms in total. The summed E-state index contributed by atoms with van der Waals surface area (Å²) in [4.78, 5) is 4.56. The quantitative estimate of drug-likeness (QED) is 0.645. The second-order valence-corrected chi connectivity index (χ2v) is 6.04. The second-order valence-electron chi connectivity index (χ2n) is 4.92. The van der Waals surface area contributed by atoms with Crippen LogP contribution in [0, 0.1) is 0 Å². The molecular weight excluding hydrogens is 284 g/mol. The number of fused-ring (bicyclic) bond motifs is 1. The molecule has 3 rings (SSSR count). The molecule has 1 unspecified atom stereocenters.